The third-order valence-corrected chi connectivity index (χ3v) is 5.20. The Labute approximate surface area is 183 Å². The Morgan fingerprint density at radius 3 is 1.81 bits per heavy atom. The fourth-order valence-electron chi connectivity index (χ4n) is 3.82. The van der Waals surface area contributed by atoms with Gasteiger partial charge in [-0.2, -0.15) is 0 Å². The summed E-state index contributed by atoms with van der Waals surface area (Å²) in [5, 5.41) is 0. The van der Waals surface area contributed by atoms with Gasteiger partial charge in [-0.15, -0.1) is 0 Å². The van der Waals surface area contributed by atoms with Crippen molar-refractivity contribution in [1.82, 2.24) is 15.0 Å². The normalized spacial score (nSPS) is 11.6. The Kier molecular flexibility index (Phi) is 6.98. The van der Waals surface area contributed by atoms with E-state index in [2.05, 4.69) is 42.5 Å². The van der Waals surface area contributed by atoms with Gasteiger partial charge in [0.1, 0.15) is 0 Å². The van der Waals surface area contributed by atoms with Crippen LogP contribution in [0.3, 0.4) is 0 Å². The molecule has 31 heavy (non-hydrogen) atoms. The van der Waals surface area contributed by atoms with Crippen LogP contribution in [0.1, 0.15) is 17.7 Å². The van der Waals surface area contributed by atoms with Crippen LogP contribution >= 0.6 is 0 Å². The average Bonchev–Trinajstić information content (AvgIpc) is 2.86. The van der Waals surface area contributed by atoms with E-state index in [4.69, 9.17) is 19.7 Å². The Bertz CT molecular complexity index is 1060. The van der Waals surface area contributed by atoms with Crippen molar-refractivity contribution in [1.29, 1.82) is 0 Å². The van der Waals surface area contributed by atoms with Crippen LogP contribution in [0.2, 0.25) is 0 Å². The van der Waals surface area contributed by atoms with Crippen LogP contribution < -0.4 is 11.2 Å². The van der Waals surface area contributed by atoms with Gasteiger partial charge in [0.25, 0.3) is 6.71 Å². The van der Waals surface area contributed by atoms with E-state index in [9.17, 15) is 0 Å². The molecule has 0 aliphatic heterocycles. The third-order valence-electron chi connectivity index (χ3n) is 5.20. The Balaban J connectivity index is 2.03. The smallest absolute Gasteiger partial charge is 0.290 e. The minimum absolute atomic E-state index is 0.163. The van der Waals surface area contributed by atoms with Crippen LogP contribution in [0.5, 0.6) is 0 Å². The van der Waals surface area contributed by atoms with Gasteiger partial charge in [0.15, 0.2) is 0 Å². The second-order valence-corrected chi connectivity index (χ2v) is 7.16. The number of aromatic nitrogens is 3. The highest BCUT2D eigenvalue weighted by Gasteiger charge is 2.31. The molecule has 0 N–H and O–H groups in total. The molecule has 5 heteroatoms. The maximum atomic E-state index is 5.49. The van der Waals surface area contributed by atoms with E-state index in [1.165, 1.54) is 5.57 Å². The standard InChI is InChI=1S/C26H24BN3O/c1-31-20-16-22(21-11-3-2-4-12-21)26(23-13-5-8-17-28-23)27(24-14-6-9-18-29-24)25-15-7-10-19-30-25/h2-15,17-19H,16,20H2,1H3/b26-22+. The summed E-state index contributed by atoms with van der Waals surface area (Å²) >= 11 is 0. The molecule has 0 saturated carbocycles. The first kappa shape index (κ1) is 20.7. The van der Waals surface area contributed by atoms with Crippen molar-refractivity contribution < 1.29 is 4.74 Å². The molecule has 152 valence electrons. The topological polar surface area (TPSA) is 47.9 Å². The minimum atomic E-state index is -0.163. The molecule has 0 aliphatic rings. The molecule has 0 bridgehead atoms. The van der Waals surface area contributed by atoms with Crippen LogP contribution in [0.15, 0.2) is 104 Å². The first-order chi connectivity index (χ1) is 15.4. The molecular weight excluding hydrogens is 381 g/mol. The molecule has 0 fully saturated rings. The van der Waals surface area contributed by atoms with Crippen LogP contribution in [0.4, 0.5) is 0 Å². The highest BCUT2D eigenvalue weighted by molar-refractivity contribution is 6.99. The second-order valence-electron chi connectivity index (χ2n) is 7.16. The van der Waals surface area contributed by atoms with Crippen molar-refractivity contribution in [3.8, 4) is 0 Å². The van der Waals surface area contributed by atoms with Gasteiger partial charge in [-0.1, -0.05) is 48.5 Å². The third kappa shape index (κ3) is 4.96. The predicted octanol–water partition coefficient (Wildman–Crippen LogP) is 3.67. The fourth-order valence-corrected chi connectivity index (χ4v) is 3.82. The summed E-state index contributed by atoms with van der Waals surface area (Å²) in [6.07, 6.45) is 6.25. The first-order valence-electron chi connectivity index (χ1n) is 10.4. The number of hydrogen-bond acceptors (Lipinski definition) is 4. The van der Waals surface area contributed by atoms with Crippen LogP contribution in [0.25, 0.3) is 11.0 Å². The SMILES string of the molecule is COCC/C(=C(\B(c1ccccn1)c1ccccn1)c1ccccn1)c1ccccc1. The van der Waals surface area contributed by atoms with Crippen molar-refractivity contribution in [3.05, 3.63) is 115 Å². The summed E-state index contributed by atoms with van der Waals surface area (Å²) in [5.41, 5.74) is 6.22. The Hall–Kier alpha value is -3.57. The molecule has 0 aliphatic carbocycles. The maximum absolute atomic E-state index is 5.49. The van der Waals surface area contributed by atoms with Gasteiger partial charge in [-0.3, -0.25) is 15.0 Å². The molecule has 0 atom stereocenters. The van der Waals surface area contributed by atoms with Gasteiger partial charge in [-0.05, 0) is 59.4 Å². The lowest BCUT2D eigenvalue weighted by Gasteiger charge is -2.22. The van der Waals surface area contributed by atoms with E-state index in [-0.39, 0.29) is 6.71 Å². The molecule has 0 unspecified atom stereocenters. The molecule has 0 saturated heterocycles. The molecule has 4 rings (SSSR count). The summed E-state index contributed by atoms with van der Waals surface area (Å²) in [6, 6.07) is 28.5. The molecule has 0 radical (unpaired) electrons. The number of ether oxygens (including phenoxy) is 1. The molecular formula is C26H24BN3O. The molecule has 0 amide bonds. The molecule has 3 aromatic heterocycles. The van der Waals surface area contributed by atoms with Crippen molar-refractivity contribution >= 4 is 28.9 Å². The van der Waals surface area contributed by atoms with Gasteiger partial charge in [0, 0.05) is 36.9 Å². The molecule has 1 aromatic carbocycles. The maximum Gasteiger partial charge on any atom is 0.290 e. The number of pyridine rings is 3. The Morgan fingerprint density at radius 1 is 0.710 bits per heavy atom. The summed E-state index contributed by atoms with van der Waals surface area (Å²) in [7, 11) is 1.73. The summed E-state index contributed by atoms with van der Waals surface area (Å²) in [6.45, 7) is 0.446. The highest BCUT2D eigenvalue weighted by atomic mass is 16.5. The van der Waals surface area contributed by atoms with E-state index in [1.54, 1.807) is 7.11 Å². The predicted molar refractivity (Wildman–Crippen MR) is 127 cm³/mol. The van der Waals surface area contributed by atoms with Crippen molar-refractivity contribution in [2.24, 2.45) is 0 Å². The number of methoxy groups -OCH3 is 1. The number of hydrogen-bond donors (Lipinski definition) is 0. The van der Waals surface area contributed by atoms with E-state index in [1.807, 2.05) is 61.1 Å². The van der Waals surface area contributed by atoms with Crippen LogP contribution in [-0.4, -0.2) is 35.4 Å². The summed E-state index contributed by atoms with van der Waals surface area (Å²) in [5.74, 6) is 0. The highest BCUT2D eigenvalue weighted by Crippen LogP contribution is 2.30. The molecule has 4 nitrogen and oxygen atoms in total. The van der Waals surface area contributed by atoms with E-state index < -0.39 is 0 Å². The van der Waals surface area contributed by atoms with Crippen molar-refractivity contribution in [3.63, 3.8) is 0 Å². The Morgan fingerprint density at radius 2 is 1.29 bits per heavy atom. The van der Waals surface area contributed by atoms with Gasteiger partial charge in [-0.25, -0.2) is 0 Å². The quantitative estimate of drug-likeness (QED) is 0.420. The zero-order valence-electron chi connectivity index (χ0n) is 17.6. The van der Waals surface area contributed by atoms with Crippen molar-refractivity contribution in [2.45, 2.75) is 6.42 Å². The van der Waals surface area contributed by atoms with Crippen LogP contribution in [0, 0.1) is 0 Å². The zero-order valence-corrected chi connectivity index (χ0v) is 17.6. The summed E-state index contributed by atoms with van der Waals surface area (Å²) < 4.78 is 5.49. The monoisotopic (exact) mass is 405 g/mol. The van der Waals surface area contributed by atoms with Crippen molar-refractivity contribution in [2.75, 3.05) is 13.7 Å². The molecule has 3 heterocycles. The lowest BCUT2D eigenvalue weighted by atomic mass is 9.37. The number of nitrogens with zero attached hydrogens (tertiary/aromatic N) is 3. The lowest BCUT2D eigenvalue weighted by Crippen LogP contribution is -2.47. The second kappa shape index (κ2) is 10.5. The fraction of sp³-hybridized carbons (Fsp3) is 0.115. The minimum Gasteiger partial charge on any atom is -0.384 e. The van der Waals surface area contributed by atoms with E-state index in [0.717, 1.165) is 34.3 Å². The first-order valence-corrected chi connectivity index (χ1v) is 10.4. The van der Waals surface area contributed by atoms with E-state index >= 15 is 0 Å². The largest absolute Gasteiger partial charge is 0.384 e. The average molecular weight is 405 g/mol. The number of benzene rings is 1. The lowest BCUT2D eigenvalue weighted by molar-refractivity contribution is 0.206. The zero-order chi connectivity index (χ0) is 21.3. The number of rotatable bonds is 8. The van der Waals surface area contributed by atoms with Gasteiger partial charge < -0.3 is 4.74 Å². The molecule has 4 aromatic rings. The van der Waals surface area contributed by atoms with Gasteiger partial charge in [0.2, 0.25) is 0 Å². The molecule has 0 spiro atoms. The van der Waals surface area contributed by atoms with Gasteiger partial charge >= 0.3 is 0 Å². The van der Waals surface area contributed by atoms with Gasteiger partial charge in [0.05, 0.1) is 12.3 Å². The van der Waals surface area contributed by atoms with E-state index in [0.29, 0.717) is 6.61 Å². The van der Waals surface area contributed by atoms with Crippen LogP contribution in [-0.2, 0) is 4.74 Å². The summed E-state index contributed by atoms with van der Waals surface area (Å²) in [4.78, 5) is 14.2.